The quantitative estimate of drug-likeness (QED) is 0.118. The van der Waals surface area contributed by atoms with Crippen LogP contribution in [0.5, 0.6) is 0 Å². The first-order chi connectivity index (χ1) is 15.2. The second-order valence-corrected chi connectivity index (χ2v) is 11.1. The highest BCUT2D eigenvalue weighted by molar-refractivity contribution is 4.57. The van der Waals surface area contributed by atoms with Crippen molar-refractivity contribution in [2.75, 3.05) is 0 Å². The lowest BCUT2D eigenvalue weighted by Gasteiger charge is -2.11. The van der Waals surface area contributed by atoms with Crippen LogP contribution in [-0.4, -0.2) is 0 Å². The molecule has 0 heteroatoms. The largest absolute Gasteiger partial charge is 0.0654 e. The lowest BCUT2D eigenvalue weighted by Crippen LogP contribution is -1.95. The van der Waals surface area contributed by atoms with Crippen LogP contribution in [0.1, 0.15) is 188 Å². The van der Waals surface area contributed by atoms with Gasteiger partial charge < -0.3 is 0 Å². The predicted octanol–water partition coefficient (Wildman–Crippen LogP) is 12.1. The molecule has 0 fully saturated rings. The van der Waals surface area contributed by atoms with E-state index in [1.807, 2.05) is 0 Å². The summed E-state index contributed by atoms with van der Waals surface area (Å²) in [5.74, 6) is 1.93. The molecule has 0 aromatic carbocycles. The Morgan fingerprint density at radius 1 is 0.290 bits per heavy atom. The molecule has 2 unspecified atom stereocenters. The van der Waals surface area contributed by atoms with Gasteiger partial charge in [-0.3, -0.25) is 0 Å². The molecule has 0 spiro atoms. The first kappa shape index (κ1) is 31.0. The SMILES string of the molecule is CCCCCCCCCCC(C)CCCCCCCCCCCCCC(C)CCCC. The first-order valence-electron chi connectivity index (χ1n) is 15.2. The highest BCUT2D eigenvalue weighted by Crippen LogP contribution is 2.20. The van der Waals surface area contributed by atoms with Gasteiger partial charge in [0.2, 0.25) is 0 Å². The van der Waals surface area contributed by atoms with Crippen LogP contribution in [0.15, 0.2) is 0 Å². The Morgan fingerprint density at radius 2 is 0.516 bits per heavy atom. The zero-order chi connectivity index (χ0) is 22.8. The zero-order valence-corrected chi connectivity index (χ0v) is 22.8. The molecule has 0 aromatic heterocycles. The normalized spacial score (nSPS) is 13.5. The molecule has 0 N–H and O–H groups in total. The molecule has 0 saturated heterocycles. The smallest absolute Gasteiger partial charge is 0.0443 e. The van der Waals surface area contributed by atoms with E-state index in [1.54, 1.807) is 0 Å². The van der Waals surface area contributed by atoms with E-state index in [-0.39, 0.29) is 0 Å². The topological polar surface area (TPSA) is 0 Å². The van der Waals surface area contributed by atoms with Crippen molar-refractivity contribution in [1.29, 1.82) is 0 Å². The molecular formula is C31H64. The van der Waals surface area contributed by atoms with E-state index in [2.05, 4.69) is 27.7 Å². The fourth-order valence-electron chi connectivity index (χ4n) is 5.04. The van der Waals surface area contributed by atoms with E-state index in [4.69, 9.17) is 0 Å². The predicted molar refractivity (Wildman–Crippen MR) is 145 cm³/mol. The summed E-state index contributed by atoms with van der Waals surface area (Å²) in [7, 11) is 0. The summed E-state index contributed by atoms with van der Waals surface area (Å²) in [5.41, 5.74) is 0. The minimum atomic E-state index is 0.966. The van der Waals surface area contributed by atoms with E-state index in [9.17, 15) is 0 Å². The number of unbranched alkanes of at least 4 members (excludes halogenated alkanes) is 18. The third-order valence-electron chi connectivity index (χ3n) is 7.49. The summed E-state index contributed by atoms with van der Waals surface area (Å²) in [5, 5.41) is 0. The molecular weight excluding hydrogens is 372 g/mol. The molecule has 0 amide bonds. The van der Waals surface area contributed by atoms with Crippen LogP contribution < -0.4 is 0 Å². The summed E-state index contributed by atoms with van der Waals surface area (Å²) in [6.45, 7) is 9.56. The summed E-state index contributed by atoms with van der Waals surface area (Å²) >= 11 is 0. The van der Waals surface area contributed by atoms with Crippen LogP contribution in [0.4, 0.5) is 0 Å². The fraction of sp³-hybridized carbons (Fsp3) is 1.00. The van der Waals surface area contributed by atoms with Crippen molar-refractivity contribution < 1.29 is 0 Å². The van der Waals surface area contributed by atoms with E-state index < -0.39 is 0 Å². The molecule has 188 valence electrons. The second-order valence-electron chi connectivity index (χ2n) is 11.1. The van der Waals surface area contributed by atoms with Gasteiger partial charge in [-0.25, -0.2) is 0 Å². The highest BCUT2D eigenvalue weighted by Gasteiger charge is 2.03. The lowest BCUT2D eigenvalue weighted by atomic mass is 9.95. The average molecular weight is 437 g/mol. The Bertz CT molecular complexity index is 307. The van der Waals surface area contributed by atoms with Gasteiger partial charge >= 0.3 is 0 Å². The zero-order valence-electron chi connectivity index (χ0n) is 22.8. The average Bonchev–Trinajstić information content (AvgIpc) is 2.77. The molecule has 0 aliphatic rings. The molecule has 0 aliphatic carbocycles. The lowest BCUT2D eigenvalue weighted by molar-refractivity contribution is 0.429. The summed E-state index contributed by atoms with van der Waals surface area (Å²) in [6.07, 6.45) is 36.7. The van der Waals surface area contributed by atoms with Crippen molar-refractivity contribution in [2.45, 2.75) is 188 Å². The van der Waals surface area contributed by atoms with E-state index in [1.165, 1.54) is 161 Å². The molecule has 31 heavy (non-hydrogen) atoms. The fourth-order valence-corrected chi connectivity index (χ4v) is 5.04. The standard InChI is InChI=1S/C31H64/c1-5-7-9-10-11-17-20-24-28-31(4)29-25-22-19-16-14-12-13-15-18-21-23-27-30(3)26-8-6-2/h30-31H,5-29H2,1-4H3. The minimum absolute atomic E-state index is 0.966. The highest BCUT2D eigenvalue weighted by atomic mass is 14.1. The van der Waals surface area contributed by atoms with Crippen molar-refractivity contribution in [3.63, 3.8) is 0 Å². The van der Waals surface area contributed by atoms with Gasteiger partial charge in [-0.2, -0.15) is 0 Å². The van der Waals surface area contributed by atoms with Gasteiger partial charge in [-0.1, -0.05) is 188 Å². The first-order valence-corrected chi connectivity index (χ1v) is 15.2. The maximum atomic E-state index is 2.49. The van der Waals surface area contributed by atoms with E-state index >= 15 is 0 Å². The minimum Gasteiger partial charge on any atom is -0.0654 e. The molecule has 0 heterocycles. The Morgan fingerprint density at radius 3 is 0.806 bits per heavy atom. The number of rotatable bonds is 26. The Kier molecular flexibility index (Phi) is 26.3. The molecule has 0 nitrogen and oxygen atoms in total. The molecule has 0 bridgehead atoms. The number of hydrogen-bond donors (Lipinski definition) is 0. The maximum Gasteiger partial charge on any atom is -0.0443 e. The van der Waals surface area contributed by atoms with E-state index in [0.29, 0.717) is 0 Å². The Labute approximate surface area is 200 Å². The van der Waals surface area contributed by atoms with Crippen LogP contribution in [0.3, 0.4) is 0 Å². The van der Waals surface area contributed by atoms with Gasteiger partial charge in [0.15, 0.2) is 0 Å². The molecule has 0 saturated carbocycles. The Hall–Kier alpha value is 0. The van der Waals surface area contributed by atoms with Gasteiger partial charge in [0, 0.05) is 0 Å². The summed E-state index contributed by atoms with van der Waals surface area (Å²) in [4.78, 5) is 0. The van der Waals surface area contributed by atoms with E-state index in [0.717, 1.165) is 11.8 Å². The summed E-state index contributed by atoms with van der Waals surface area (Å²) < 4.78 is 0. The van der Waals surface area contributed by atoms with Crippen molar-refractivity contribution in [2.24, 2.45) is 11.8 Å². The van der Waals surface area contributed by atoms with Gasteiger partial charge in [0.25, 0.3) is 0 Å². The summed E-state index contributed by atoms with van der Waals surface area (Å²) in [6, 6.07) is 0. The van der Waals surface area contributed by atoms with Crippen molar-refractivity contribution in [3.8, 4) is 0 Å². The maximum absolute atomic E-state index is 2.49. The molecule has 0 aromatic rings. The Balaban J connectivity index is 3.17. The molecule has 0 aliphatic heterocycles. The van der Waals surface area contributed by atoms with Gasteiger partial charge in [-0.15, -0.1) is 0 Å². The van der Waals surface area contributed by atoms with Crippen LogP contribution in [0.25, 0.3) is 0 Å². The third kappa shape index (κ3) is 26.1. The van der Waals surface area contributed by atoms with Crippen LogP contribution in [-0.2, 0) is 0 Å². The van der Waals surface area contributed by atoms with Crippen molar-refractivity contribution in [3.05, 3.63) is 0 Å². The van der Waals surface area contributed by atoms with Crippen molar-refractivity contribution in [1.82, 2.24) is 0 Å². The molecule has 0 radical (unpaired) electrons. The van der Waals surface area contributed by atoms with Crippen molar-refractivity contribution >= 4 is 0 Å². The van der Waals surface area contributed by atoms with Gasteiger partial charge in [0.05, 0.1) is 0 Å². The number of hydrogen-bond acceptors (Lipinski definition) is 0. The molecule has 2 atom stereocenters. The van der Waals surface area contributed by atoms with Gasteiger partial charge in [0.1, 0.15) is 0 Å². The second kappa shape index (κ2) is 26.3. The molecule has 0 rings (SSSR count). The van der Waals surface area contributed by atoms with Gasteiger partial charge in [-0.05, 0) is 11.8 Å². The third-order valence-corrected chi connectivity index (χ3v) is 7.49. The van der Waals surface area contributed by atoms with Crippen LogP contribution in [0, 0.1) is 11.8 Å². The monoisotopic (exact) mass is 437 g/mol. The van der Waals surface area contributed by atoms with Crippen LogP contribution >= 0.6 is 0 Å². The van der Waals surface area contributed by atoms with Crippen LogP contribution in [0.2, 0.25) is 0 Å².